The van der Waals surface area contributed by atoms with Crippen LogP contribution < -0.4 is 20.9 Å². The van der Waals surface area contributed by atoms with Gasteiger partial charge in [-0.3, -0.25) is 4.98 Å². The van der Waals surface area contributed by atoms with Crippen molar-refractivity contribution in [3.05, 3.63) is 71.9 Å². The van der Waals surface area contributed by atoms with Crippen molar-refractivity contribution in [1.29, 1.82) is 0 Å². The molecule has 0 aliphatic carbocycles. The van der Waals surface area contributed by atoms with E-state index in [1.165, 1.54) is 6.07 Å². The fourth-order valence-corrected chi connectivity index (χ4v) is 4.68. The Kier molecular flexibility index (Phi) is 7.58. The lowest BCUT2D eigenvalue weighted by atomic mass is 9.80. The molecule has 0 saturated carbocycles. The Morgan fingerprint density at radius 3 is 2.53 bits per heavy atom. The van der Waals surface area contributed by atoms with Crippen LogP contribution in [0.25, 0.3) is 16.9 Å². The number of anilines is 1. The Bertz CT molecular complexity index is 1430. The van der Waals surface area contributed by atoms with Crippen LogP contribution in [0.3, 0.4) is 0 Å². The number of aliphatic carboxylic acids is 1. The van der Waals surface area contributed by atoms with Crippen molar-refractivity contribution < 1.29 is 23.4 Å². The molecule has 0 unspecified atom stereocenters. The zero-order valence-electron chi connectivity index (χ0n) is 21.5. The first-order chi connectivity index (χ1) is 17.7. The quantitative estimate of drug-likeness (QED) is 0.386. The molecule has 11 heteroatoms. The third-order valence-corrected chi connectivity index (χ3v) is 7.08. The predicted octanol–water partition coefficient (Wildman–Crippen LogP) is 4.02. The first-order valence-electron chi connectivity index (χ1n) is 12.0. The summed E-state index contributed by atoms with van der Waals surface area (Å²) in [4.78, 5) is 27.2. The molecule has 200 valence electrons. The number of alkyl halides is 2. The van der Waals surface area contributed by atoms with E-state index in [1.807, 2.05) is 34.6 Å². The number of fused-ring (bicyclic) bond motifs is 1. The highest BCUT2D eigenvalue weighted by molar-refractivity contribution is 5.72. The van der Waals surface area contributed by atoms with E-state index in [0.29, 0.717) is 49.4 Å². The predicted molar refractivity (Wildman–Crippen MR) is 137 cm³/mol. The molecular weight excluding hydrogens is 494 g/mol. The summed E-state index contributed by atoms with van der Waals surface area (Å²) >= 11 is 0. The van der Waals surface area contributed by atoms with E-state index in [0.717, 1.165) is 22.6 Å². The highest BCUT2D eigenvalue weighted by Crippen LogP contribution is 2.32. The van der Waals surface area contributed by atoms with E-state index in [4.69, 9.17) is 4.74 Å². The lowest BCUT2D eigenvalue weighted by Crippen LogP contribution is -2.48. The van der Waals surface area contributed by atoms with Crippen LogP contribution in [0.1, 0.15) is 36.7 Å². The largest absolute Gasteiger partial charge is 0.550 e. The SMILES string of the molecule is Cc1nc2ccc(-c3cnc(N4CCC(C)(C(=O)[O-])CC4)cn3)cn2c1Cc1ccccc1OC(F)F.[NH4+]. The first kappa shape index (κ1) is 26.9. The number of carbonyl (C=O) groups is 1. The van der Waals surface area contributed by atoms with Crippen LogP contribution >= 0.6 is 0 Å². The van der Waals surface area contributed by atoms with Gasteiger partial charge in [-0.25, -0.2) is 9.97 Å². The molecular formula is C27H30F2N6O3. The van der Waals surface area contributed by atoms with E-state index >= 15 is 0 Å². The van der Waals surface area contributed by atoms with Crippen LogP contribution in [0.5, 0.6) is 5.75 Å². The van der Waals surface area contributed by atoms with Crippen molar-refractivity contribution in [2.24, 2.45) is 5.41 Å². The number of carbonyl (C=O) groups excluding carboxylic acids is 1. The summed E-state index contributed by atoms with van der Waals surface area (Å²) in [6, 6.07) is 10.5. The number of carboxylic acid groups (broad SMARTS) is 1. The standard InChI is InChI=1S/C27H27F2N5O3.H3N/c1-17-21(13-18-5-3-4-6-22(18)37-26(28)29)34-16-19(7-8-23(34)32-17)20-14-31-24(15-30-20)33-11-9-27(2,10-12-33)25(35)36;/h3-8,14-16,26H,9-13H2,1-2H3,(H,35,36);1H3. The number of hydrogen-bond donors (Lipinski definition) is 1. The van der Waals surface area contributed by atoms with Gasteiger partial charge in [0, 0.05) is 53.9 Å². The molecule has 3 aromatic heterocycles. The van der Waals surface area contributed by atoms with Crippen LogP contribution in [0.4, 0.5) is 14.6 Å². The number of aromatic nitrogens is 4. The molecule has 1 saturated heterocycles. The Labute approximate surface area is 218 Å². The van der Waals surface area contributed by atoms with Gasteiger partial charge in [0.2, 0.25) is 0 Å². The van der Waals surface area contributed by atoms with Crippen molar-refractivity contribution in [3.8, 4) is 17.0 Å². The summed E-state index contributed by atoms with van der Waals surface area (Å²) < 4.78 is 32.4. The molecule has 1 aliphatic rings. The van der Waals surface area contributed by atoms with Crippen molar-refractivity contribution in [3.63, 3.8) is 0 Å². The topological polar surface area (TPSA) is 132 Å². The second-order valence-electron chi connectivity index (χ2n) is 9.55. The molecule has 0 spiro atoms. The number of pyridine rings is 1. The van der Waals surface area contributed by atoms with Gasteiger partial charge >= 0.3 is 6.61 Å². The second kappa shape index (κ2) is 10.7. The zero-order valence-corrected chi connectivity index (χ0v) is 21.5. The molecule has 0 atom stereocenters. The molecule has 0 bridgehead atoms. The number of benzene rings is 1. The van der Waals surface area contributed by atoms with Crippen molar-refractivity contribution in [2.75, 3.05) is 18.0 Å². The van der Waals surface area contributed by atoms with Crippen LogP contribution in [-0.2, 0) is 11.2 Å². The molecule has 1 aliphatic heterocycles. The molecule has 0 amide bonds. The third-order valence-electron chi connectivity index (χ3n) is 7.08. The third kappa shape index (κ3) is 5.28. The van der Waals surface area contributed by atoms with Crippen LogP contribution in [0, 0.1) is 12.3 Å². The maximum Gasteiger partial charge on any atom is 0.387 e. The number of carboxylic acids is 1. The minimum atomic E-state index is -2.90. The Morgan fingerprint density at radius 1 is 1.13 bits per heavy atom. The molecule has 1 aromatic carbocycles. The molecule has 4 heterocycles. The van der Waals surface area contributed by atoms with Crippen molar-refractivity contribution >= 4 is 17.4 Å². The lowest BCUT2D eigenvalue weighted by Gasteiger charge is -2.40. The number of aryl methyl sites for hydroxylation is 1. The number of halogens is 2. The summed E-state index contributed by atoms with van der Waals surface area (Å²) in [6.07, 6.45) is 6.64. The fraction of sp³-hybridized carbons (Fsp3) is 0.333. The Hall–Kier alpha value is -4.12. The molecule has 38 heavy (non-hydrogen) atoms. The summed E-state index contributed by atoms with van der Waals surface area (Å²) in [5.41, 5.74) is 3.70. The van der Waals surface area contributed by atoms with Gasteiger partial charge in [-0.05, 0) is 38.0 Å². The average molecular weight is 525 g/mol. The highest BCUT2D eigenvalue weighted by Gasteiger charge is 2.31. The normalized spacial score (nSPS) is 14.9. The number of ether oxygens (including phenoxy) is 1. The maximum atomic E-state index is 12.9. The average Bonchev–Trinajstić information content (AvgIpc) is 3.19. The van der Waals surface area contributed by atoms with E-state index in [2.05, 4.69) is 15.0 Å². The van der Waals surface area contributed by atoms with E-state index < -0.39 is 18.0 Å². The number of imidazole rings is 1. The molecule has 1 fully saturated rings. The smallest absolute Gasteiger partial charge is 0.387 e. The molecule has 0 radical (unpaired) electrons. The van der Waals surface area contributed by atoms with Crippen molar-refractivity contribution in [1.82, 2.24) is 25.5 Å². The fourth-order valence-electron chi connectivity index (χ4n) is 4.68. The number of quaternary nitrogens is 1. The van der Waals surface area contributed by atoms with E-state index in [9.17, 15) is 18.7 Å². The maximum absolute atomic E-state index is 12.9. The van der Waals surface area contributed by atoms with Gasteiger partial charge in [-0.15, -0.1) is 0 Å². The summed E-state index contributed by atoms with van der Waals surface area (Å²) in [5.74, 6) is -0.176. The van der Waals surface area contributed by atoms with Crippen molar-refractivity contribution in [2.45, 2.75) is 39.7 Å². The molecule has 4 N–H and O–H groups in total. The molecule has 5 rings (SSSR count). The highest BCUT2D eigenvalue weighted by atomic mass is 19.3. The minimum Gasteiger partial charge on any atom is -0.550 e. The van der Waals surface area contributed by atoms with Crippen LogP contribution in [0.2, 0.25) is 0 Å². The van der Waals surface area contributed by atoms with Gasteiger partial charge in [0.15, 0.2) is 0 Å². The van der Waals surface area contributed by atoms with E-state index in [1.54, 1.807) is 37.5 Å². The molecule has 9 nitrogen and oxygen atoms in total. The first-order valence-corrected chi connectivity index (χ1v) is 12.0. The van der Waals surface area contributed by atoms with E-state index in [-0.39, 0.29) is 11.9 Å². The van der Waals surface area contributed by atoms with Crippen LogP contribution in [0.15, 0.2) is 55.0 Å². The Balaban J connectivity index is 0.00000336. The molecule has 4 aromatic rings. The summed E-state index contributed by atoms with van der Waals surface area (Å²) in [7, 11) is 0. The van der Waals surface area contributed by atoms with Gasteiger partial charge in [-0.2, -0.15) is 8.78 Å². The zero-order chi connectivity index (χ0) is 26.2. The minimum absolute atomic E-state index is 0. The summed E-state index contributed by atoms with van der Waals surface area (Å²) in [6.45, 7) is 1.84. The number of piperidine rings is 1. The monoisotopic (exact) mass is 524 g/mol. The van der Waals surface area contributed by atoms with Crippen LogP contribution in [-0.4, -0.2) is 45.0 Å². The van der Waals surface area contributed by atoms with Gasteiger partial charge in [0.25, 0.3) is 0 Å². The van der Waals surface area contributed by atoms with Gasteiger partial charge in [0.05, 0.1) is 23.8 Å². The number of rotatable bonds is 7. The Morgan fingerprint density at radius 2 is 1.87 bits per heavy atom. The second-order valence-corrected chi connectivity index (χ2v) is 9.55. The van der Waals surface area contributed by atoms with Gasteiger partial charge in [-0.1, -0.05) is 25.1 Å². The summed E-state index contributed by atoms with van der Waals surface area (Å²) in [5, 5.41) is 11.4. The van der Waals surface area contributed by atoms with Gasteiger partial charge in [0.1, 0.15) is 17.2 Å². The van der Waals surface area contributed by atoms with Gasteiger partial charge < -0.3 is 30.1 Å². The number of para-hydroxylation sites is 1. The lowest BCUT2D eigenvalue weighted by molar-refractivity contribution is -0.319. The number of nitrogens with zero attached hydrogens (tertiary/aromatic N) is 5. The number of hydrogen-bond acceptors (Lipinski definition) is 7.